The molecule has 1 heterocycles. The SMILES string of the molecule is NC1CCC2(CC1S(=O)(=O)c1ccc(F)cc1)OCCO2. The predicted octanol–water partition coefficient (Wildman–Crippen LogP) is 1.22. The smallest absolute Gasteiger partial charge is 0.182 e. The Kier molecular flexibility index (Phi) is 3.77. The van der Waals surface area contributed by atoms with Crippen molar-refractivity contribution in [3.8, 4) is 0 Å². The van der Waals surface area contributed by atoms with Gasteiger partial charge in [-0.15, -0.1) is 0 Å². The molecule has 1 aromatic rings. The van der Waals surface area contributed by atoms with E-state index in [9.17, 15) is 12.8 Å². The lowest BCUT2D eigenvalue weighted by atomic mass is 9.90. The van der Waals surface area contributed by atoms with E-state index in [-0.39, 0.29) is 11.3 Å². The van der Waals surface area contributed by atoms with Crippen LogP contribution in [0.25, 0.3) is 0 Å². The average molecular weight is 315 g/mol. The molecule has 2 aliphatic rings. The minimum atomic E-state index is -3.64. The quantitative estimate of drug-likeness (QED) is 0.830. The van der Waals surface area contributed by atoms with Gasteiger partial charge in [0.05, 0.1) is 23.4 Å². The Hall–Kier alpha value is -1.02. The predicted molar refractivity (Wildman–Crippen MR) is 73.8 cm³/mol. The summed E-state index contributed by atoms with van der Waals surface area (Å²) in [5.41, 5.74) is 6.02. The van der Waals surface area contributed by atoms with Crippen LogP contribution in [0.3, 0.4) is 0 Å². The van der Waals surface area contributed by atoms with Gasteiger partial charge in [0.2, 0.25) is 0 Å². The minimum Gasteiger partial charge on any atom is -0.347 e. The molecular weight excluding hydrogens is 297 g/mol. The van der Waals surface area contributed by atoms with Crippen LogP contribution in [-0.2, 0) is 19.3 Å². The molecule has 1 aliphatic carbocycles. The summed E-state index contributed by atoms with van der Waals surface area (Å²) in [4.78, 5) is 0.0828. The van der Waals surface area contributed by atoms with Gasteiger partial charge in [-0.1, -0.05) is 0 Å². The molecule has 1 saturated heterocycles. The maximum absolute atomic E-state index is 13.0. The molecule has 2 atom stereocenters. The molecule has 2 unspecified atom stereocenters. The standard InChI is InChI=1S/C14H18FNO4S/c15-10-1-3-11(4-2-10)21(17,18)13-9-14(6-5-12(13)16)19-7-8-20-14/h1-4,12-13H,5-9,16H2. The molecule has 1 aromatic carbocycles. The summed E-state index contributed by atoms with van der Waals surface area (Å²) >= 11 is 0. The Labute approximate surface area is 123 Å². The molecule has 7 heteroatoms. The molecule has 0 aromatic heterocycles. The molecule has 2 fully saturated rings. The molecule has 1 saturated carbocycles. The van der Waals surface area contributed by atoms with Gasteiger partial charge in [0.1, 0.15) is 5.82 Å². The van der Waals surface area contributed by atoms with Crippen LogP contribution >= 0.6 is 0 Å². The van der Waals surface area contributed by atoms with E-state index < -0.39 is 32.7 Å². The third kappa shape index (κ3) is 2.70. The number of nitrogens with two attached hydrogens (primary N) is 1. The Bertz CT molecular complexity index is 610. The summed E-state index contributed by atoms with van der Waals surface area (Å²) in [5, 5.41) is -0.783. The van der Waals surface area contributed by atoms with Gasteiger partial charge in [-0.25, -0.2) is 12.8 Å². The van der Waals surface area contributed by atoms with Crippen molar-refractivity contribution in [1.82, 2.24) is 0 Å². The maximum Gasteiger partial charge on any atom is 0.182 e. The molecule has 5 nitrogen and oxygen atoms in total. The van der Waals surface area contributed by atoms with E-state index >= 15 is 0 Å². The summed E-state index contributed by atoms with van der Waals surface area (Å²) in [5.74, 6) is -1.30. The van der Waals surface area contributed by atoms with E-state index in [1.165, 1.54) is 12.1 Å². The number of benzene rings is 1. The van der Waals surface area contributed by atoms with Crippen molar-refractivity contribution in [2.45, 2.75) is 41.2 Å². The van der Waals surface area contributed by atoms with Crippen molar-refractivity contribution in [1.29, 1.82) is 0 Å². The normalized spacial score (nSPS) is 28.9. The molecular formula is C14H18FNO4S. The zero-order valence-corrected chi connectivity index (χ0v) is 12.3. The summed E-state index contributed by atoms with van der Waals surface area (Å²) in [6, 6.07) is 4.35. The molecule has 1 aliphatic heterocycles. The lowest BCUT2D eigenvalue weighted by Gasteiger charge is -2.39. The lowest BCUT2D eigenvalue weighted by Crippen LogP contribution is -2.52. The van der Waals surface area contributed by atoms with Gasteiger partial charge < -0.3 is 15.2 Å². The molecule has 2 N–H and O–H groups in total. The first-order valence-corrected chi connectivity index (χ1v) is 8.51. The third-order valence-corrected chi connectivity index (χ3v) is 6.45. The van der Waals surface area contributed by atoms with Crippen molar-refractivity contribution < 1.29 is 22.3 Å². The number of sulfone groups is 1. The van der Waals surface area contributed by atoms with Crippen molar-refractivity contribution in [2.24, 2.45) is 5.73 Å². The van der Waals surface area contributed by atoms with Crippen LogP contribution in [0.1, 0.15) is 19.3 Å². The highest BCUT2D eigenvalue weighted by Gasteiger charge is 2.48. The van der Waals surface area contributed by atoms with Crippen molar-refractivity contribution >= 4 is 9.84 Å². The van der Waals surface area contributed by atoms with Crippen LogP contribution in [0.15, 0.2) is 29.2 Å². The van der Waals surface area contributed by atoms with E-state index in [1.54, 1.807) is 0 Å². The lowest BCUT2D eigenvalue weighted by molar-refractivity contribution is -0.177. The largest absolute Gasteiger partial charge is 0.347 e. The highest BCUT2D eigenvalue weighted by Crippen LogP contribution is 2.39. The molecule has 0 amide bonds. The van der Waals surface area contributed by atoms with Gasteiger partial charge in [0.25, 0.3) is 0 Å². The first kappa shape index (κ1) is 14.9. The van der Waals surface area contributed by atoms with Crippen LogP contribution in [0, 0.1) is 5.82 Å². The van der Waals surface area contributed by atoms with Crippen molar-refractivity contribution in [2.75, 3.05) is 13.2 Å². The van der Waals surface area contributed by atoms with Crippen LogP contribution in [-0.4, -0.2) is 38.7 Å². The fourth-order valence-electron chi connectivity index (χ4n) is 3.03. The molecule has 3 rings (SSSR count). The van der Waals surface area contributed by atoms with Crippen LogP contribution in [0.5, 0.6) is 0 Å². The van der Waals surface area contributed by atoms with E-state index in [2.05, 4.69) is 0 Å². The van der Waals surface area contributed by atoms with Gasteiger partial charge in [-0.2, -0.15) is 0 Å². The number of hydrogen-bond acceptors (Lipinski definition) is 5. The molecule has 116 valence electrons. The van der Waals surface area contributed by atoms with E-state index in [1.807, 2.05) is 0 Å². The van der Waals surface area contributed by atoms with E-state index in [4.69, 9.17) is 15.2 Å². The summed E-state index contributed by atoms with van der Waals surface area (Å²) in [7, 11) is -3.64. The summed E-state index contributed by atoms with van der Waals surface area (Å²) in [6.45, 7) is 0.942. The van der Waals surface area contributed by atoms with Crippen LogP contribution in [0.2, 0.25) is 0 Å². The van der Waals surface area contributed by atoms with E-state index in [0.29, 0.717) is 26.1 Å². The van der Waals surface area contributed by atoms with Crippen molar-refractivity contribution in [3.05, 3.63) is 30.1 Å². The number of rotatable bonds is 2. The fourth-order valence-corrected chi connectivity index (χ4v) is 4.97. The van der Waals surface area contributed by atoms with Gasteiger partial charge in [0.15, 0.2) is 15.6 Å². The van der Waals surface area contributed by atoms with E-state index in [0.717, 1.165) is 12.1 Å². The van der Waals surface area contributed by atoms with Crippen molar-refractivity contribution in [3.63, 3.8) is 0 Å². The minimum absolute atomic E-state index is 0.0828. The molecule has 0 radical (unpaired) electrons. The zero-order chi connectivity index (χ0) is 15.1. The second-order valence-electron chi connectivity index (χ2n) is 5.55. The number of ether oxygens (including phenoxy) is 2. The number of halogens is 1. The first-order chi connectivity index (χ1) is 9.93. The van der Waals surface area contributed by atoms with Gasteiger partial charge >= 0.3 is 0 Å². The Morgan fingerprint density at radius 2 is 1.81 bits per heavy atom. The fraction of sp³-hybridized carbons (Fsp3) is 0.571. The monoisotopic (exact) mass is 315 g/mol. The zero-order valence-electron chi connectivity index (χ0n) is 11.5. The second kappa shape index (κ2) is 5.31. The number of hydrogen-bond donors (Lipinski definition) is 1. The Balaban J connectivity index is 1.91. The highest BCUT2D eigenvalue weighted by atomic mass is 32.2. The molecule has 0 bridgehead atoms. The Morgan fingerprint density at radius 3 is 2.43 bits per heavy atom. The average Bonchev–Trinajstić information content (AvgIpc) is 2.91. The summed E-state index contributed by atoms with van der Waals surface area (Å²) < 4.78 is 49.7. The van der Waals surface area contributed by atoms with Crippen LogP contribution < -0.4 is 5.73 Å². The molecule has 1 spiro atoms. The maximum atomic E-state index is 13.0. The van der Waals surface area contributed by atoms with Gasteiger partial charge in [-0.3, -0.25) is 0 Å². The molecule has 21 heavy (non-hydrogen) atoms. The highest BCUT2D eigenvalue weighted by molar-refractivity contribution is 7.92. The van der Waals surface area contributed by atoms with Crippen LogP contribution in [0.4, 0.5) is 4.39 Å². The Morgan fingerprint density at radius 1 is 1.19 bits per heavy atom. The first-order valence-electron chi connectivity index (χ1n) is 6.96. The second-order valence-corrected chi connectivity index (χ2v) is 7.72. The summed E-state index contributed by atoms with van der Waals surface area (Å²) in [6.07, 6.45) is 1.34. The van der Waals surface area contributed by atoms with Gasteiger partial charge in [-0.05, 0) is 30.7 Å². The third-order valence-electron chi connectivity index (χ3n) is 4.20. The van der Waals surface area contributed by atoms with Gasteiger partial charge in [0, 0.05) is 18.9 Å². The topological polar surface area (TPSA) is 78.6 Å².